The molecule has 4 radical (unpaired) electrons. The number of nitrogens with zero attached hydrogens (tertiary/aromatic N) is 8. The van der Waals surface area contributed by atoms with E-state index in [2.05, 4.69) is 339 Å². The van der Waals surface area contributed by atoms with Crippen LogP contribution in [-0.4, -0.2) is 130 Å². The number of aliphatic hydroxyl groups is 8. The van der Waals surface area contributed by atoms with Gasteiger partial charge in [0.05, 0.1) is 71.6 Å². The maximum absolute atomic E-state index is 8.56. The van der Waals surface area contributed by atoms with E-state index in [1.165, 1.54) is 110 Å². The minimum Gasteiger partial charge on any atom is -0.393 e. The van der Waals surface area contributed by atoms with Gasteiger partial charge in [0.15, 0.2) is 0 Å². The fourth-order valence-electron chi connectivity index (χ4n) is 18.2. The molecule has 8 unspecified atom stereocenters. The van der Waals surface area contributed by atoms with Gasteiger partial charge in [-0.3, -0.25) is 19.9 Å². The number of aliphatic hydroxyl groups excluding tert-OH is 8. The van der Waals surface area contributed by atoms with Crippen LogP contribution in [0.5, 0.6) is 0 Å². The fourth-order valence-corrected chi connectivity index (χ4v) is 18.2. The molecule has 8 N–H and O–H groups in total. The van der Waals surface area contributed by atoms with Crippen molar-refractivity contribution in [3.8, 4) is 101 Å². The van der Waals surface area contributed by atoms with Crippen LogP contribution in [0.1, 0.15) is 152 Å². The molecular formula is C125H128Ir4N8O8-4. The molecule has 1 aliphatic rings. The number of hydrogen-bond acceptors (Lipinski definition) is 16. The van der Waals surface area contributed by atoms with Crippen LogP contribution in [-0.2, 0) is 85.8 Å². The predicted octanol–water partition coefficient (Wildman–Crippen LogP) is 26.7. The molecule has 4 heterocycles. The SMILES string of the molecule is CC(O)CC(C)O.CC(O)CC(C)O.CC(O)CC(C)O.CC(O)CC(C)O.Cc1cnc(-c2[c-]cc(-c3cccc4ccccc34)c3ccccc23)c(C)n1.Cc1cnc(-c2[c-]cc(-c3ccccc3)c3ccccc23)c(C)n1.Cc1cnc(-c2[c-]ccc3cc(-c4ccc5c(c4)C(C)(C)c4ccccc4-5)ccc23)c(C)n1.Cc1cnc(-c2[c-]ccc3cc(-c4ccc5ccccc5c4)ccc23)c(C)n1.[Ir].[Ir].[Ir].[Ir]. The molecule has 0 saturated heterocycles. The van der Waals surface area contributed by atoms with Crippen LogP contribution in [0.2, 0.25) is 0 Å². The van der Waals surface area contributed by atoms with Gasteiger partial charge in [0.25, 0.3) is 0 Å². The second kappa shape index (κ2) is 54.8. The minimum absolute atomic E-state index is 0. The molecule has 0 amide bonds. The summed E-state index contributed by atoms with van der Waals surface area (Å²) in [5.41, 5.74) is 30.3. The third-order valence-electron chi connectivity index (χ3n) is 24.4. The summed E-state index contributed by atoms with van der Waals surface area (Å²) < 4.78 is 0. The van der Waals surface area contributed by atoms with Crippen LogP contribution in [0.4, 0.5) is 0 Å². The quantitative estimate of drug-likeness (QED) is 0.0418. The first-order valence-electron chi connectivity index (χ1n) is 48.3. The van der Waals surface area contributed by atoms with Crippen molar-refractivity contribution in [3.05, 3.63) is 385 Å². The Labute approximate surface area is 908 Å². The van der Waals surface area contributed by atoms with Crippen LogP contribution in [0.15, 0.2) is 304 Å². The van der Waals surface area contributed by atoms with Crippen LogP contribution >= 0.6 is 0 Å². The Morgan fingerprint density at radius 3 is 0.966 bits per heavy atom. The first-order valence-corrected chi connectivity index (χ1v) is 48.3. The maximum Gasteiger partial charge on any atom is 0.0539 e. The van der Waals surface area contributed by atoms with Crippen molar-refractivity contribution in [1.82, 2.24) is 39.9 Å². The molecule has 20 heteroatoms. The molecule has 15 aromatic carbocycles. The molecule has 0 bridgehead atoms. The molecule has 19 aromatic rings. The van der Waals surface area contributed by atoms with E-state index in [0.717, 1.165) is 112 Å². The molecule has 1 aliphatic carbocycles. The summed E-state index contributed by atoms with van der Waals surface area (Å²) in [6.45, 7) is 33.8. The Kier molecular flexibility index (Phi) is 44.2. The zero-order chi connectivity index (χ0) is 101. The van der Waals surface area contributed by atoms with E-state index in [1.54, 1.807) is 55.4 Å². The van der Waals surface area contributed by atoms with Gasteiger partial charge in [-0.1, -0.05) is 299 Å². The van der Waals surface area contributed by atoms with E-state index < -0.39 is 0 Å². The third kappa shape index (κ3) is 30.6. The molecular weight excluding hydrogens is 2510 g/mol. The van der Waals surface area contributed by atoms with Gasteiger partial charge in [-0.15, -0.1) is 93.7 Å². The summed E-state index contributed by atoms with van der Waals surface area (Å²) in [4.78, 5) is 36.9. The monoisotopic (exact) mass is 2640 g/mol. The van der Waals surface area contributed by atoms with Crippen molar-refractivity contribution in [1.29, 1.82) is 0 Å². The smallest absolute Gasteiger partial charge is 0.0539 e. The zero-order valence-corrected chi connectivity index (χ0v) is 94.9. The number of aromatic nitrogens is 8. The number of fused-ring (bicyclic) bond motifs is 9. The van der Waals surface area contributed by atoms with Crippen molar-refractivity contribution in [3.63, 3.8) is 0 Å². The molecule has 20 rings (SSSR count). The van der Waals surface area contributed by atoms with Gasteiger partial charge in [-0.05, 0) is 215 Å². The molecule has 8 atom stereocenters. The summed E-state index contributed by atoms with van der Waals surface area (Å²) >= 11 is 0. The molecule has 4 aromatic heterocycles. The van der Waals surface area contributed by atoms with Crippen molar-refractivity contribution in [2.75, 3.05) is 0 Å². The summed E-state index contributed by atoms with van der Waals surface area (Å²) in [7, 11) is 0. The van der Waals surface area contributed by atoms with Gasteiger partial charge < -0.3 is 60.8 Å². The first kappa shape index (κ1) is 117. The number of benzene rings is 15. The standard InChI is InChI=1S/C31H25N2.2C26H19N2.C22H17N2.4C5H12O2.4Ir/c1-19-18-32-30(20(2)33-19)27-10-7-8-23-16-21(12-14-24(23)27)22-13-15-26-25-9-5-6-11-28(25)31(3,4)29(26)17-22;1-17-16-27-26(18(2)28-17)25-15-14-24(22-11-5-6-12-23(22)25)21-13-7-9-19-8-3-4-10-20(19)21;1-17-16-27-26(18(2)28-17)25-9-5-8-23-15-22(12-13-24(23)25)21-11-10-19-6-3-4-7-20(19)14-21;1-15-14-23-22(16(2)24-15)21-13-12-18(17-8-4-3-5-9-17)19-10-6-7-11-20(19)21;4*1-4(6)3-5(2)7;;;;/h5-9,11-18H,1-4H3;3-14,16H,1-2H3;3-8,10-16H,1-2H3;3-12,14H,1-2H3;4*4-7H,3H2,1-2H3;;;;/q4*-1;;;;;;;;. The molecule has 0 saturated carbocycles. The van der Waals surface area contributed by atoms with Crippen molar-refractivity contribution in [2.45, 2.75) is 205 Å². The second-order valence-corrected chi connectivity index (χ2v) is 37.5. The Morgan fingerprint density at radius 2 is 0.552 bits per heavy atom. The minimum atomic E-state index is -0.375. The zero-order valence-electron chi connectivity index (χ0n) is 85.3. The molecule has 16 nitrogen and oxygen atoms in total. The topological polar surface area (TPSA) is 265 Å². The third-order valence-corrected chi connectivity index (χ3v) is 24.4. The molecule has 0 aliphatic heterocycles. The molecule has 0 fully saturated rings. The van der Waals surface area contributed by atoms with Gasteiger partial charge in [-0.2, -0.15) is 0 Å². The number of rotatable bonds is 16. The first-order chi connectivity index (χ1) is 67.6. The number of aryl methyl sites for hydroxylation is 8. The van der Waals surface area contributed by atoms with Crippen LogP contribution < -0.4 is 0 Å². The Morgan fingerprint density at radius 1 is 0.241 bits per heavy atom. The Balaban J connectivity index is 0.000000196. The van der Waals surface area contributed by atoms with Gasteiger partial charge in [0.1, 0.15) is 0 Å². The summed E-state index contributed by atoms with van der Waals surface area (Å²) in [5, 5.41) is 82.9. The Bertz CT molecular complexity index is 7440. The van der Waals surface area contributed by atoms with E-state index in [1.807, 2.05) is 98.4 Å². The van der Waals surface area contributed by atoms with Gasteiger partial charge in [0.2, 0.25) is 0 Å². The summed E-state index contributed by atoms with van der Waals surface area (Å²) in [6, 6.07) is 113. The van der Waals surface area contributed by atoms with E-state index in [9.17, 15) is 0 Å². The average molecular weight is 2640 g/mol. The van der Waals surface area contributed by atoms with Crippen molar-refractivity contribution >= 4 is 64.6 Å². The van der Waals surface area contributed by atoms with Crippen molar-refractivity contribution in [2.24, 2.45) is 0 Å². The summed E-state index contributed by atoms with van der Waals surface area (Å²) in [6.07, 6.45) is 6.17. The fraction of sp³-hybridized carbons (Fsp3) is 0.248. The van der Waals surface area contributed by atoms with Crippen LogP contribution in [0.25, 0.3) is 165 Å². The van der Waals surface area contributed by atoms with Crippen molar-refractivity contribution < 1.29 is 121 Å². The van der Waals surface area contributed by atoms with E-state index in [-0.39, 0.29) is 135 Å². The van der Waals surface area contributed by atoms with E-state index in [4.69, 9.17) is 40.9 Å². The van der Waals surface area contributed by atoms with Crippen LogP contribution in [0.3, 0.4) is 0 Å². The average Bonchev–Trinajstić information content (AvgIpc) is 1.57. The normalized spacial score (nSPS) is 12.9. The molecule has 145 heavy (non-hydrogen) atoms. The van der Waals surface area contributed by atoms with Gasteiger partial charge in [0, 0.05) is 156 Å². The molecule has 756 valence electrons. The molecule has 0 spiro atoms. The predicted molar refractivity (Wildman–Crippen MR) is 579 cm³/mol. The van der Waals surface area contributed by atoms with Gasteiger partial charge >= 0.3 is 0 Å². The second-order valence-electron chi connectivity index (χ2n) is 37.5. The van der Waals surface area contributed by atoms with Gasteiger partial charge in [-0.25, -0.2) is 0 Å². The largest absolute Gasteiger partial charge is 0.393 e. The number of hydrogen-bond donors (Lipinski definition) is 8. The Hall–Kier alpha value is -11.5. The summed E-state index contributed by atoms with van der Waals surface area (Å²) in [5.74, 6) is 0. The van der Waals surface area contributed by atoms with Crippen LogP contribution in [0, 0.1) is 79.7 Å². The van der Waals surface area contributed by atoms with E-state index >= 15 is 0 Å². The van der Waals surface area contributed by atoms with E-state index in [0.29, 0.717) is 25.7 Å². The maximum atomic E-state index is 8.56.